The Morgan fingerprint density at radius 3 is 2.05 bits per heavy atom. The standard InChI is InChI=1S/C36H51NO2/c1-3-5-7-9-10-12-13-15-29-17-20-31(21-18-29)32-22-24-33(25-23-32)36(38)39-35-26-19-30(27-34(35)28-37)16-14-11-8-6-4-2/h19,22-27,29,31H,3-18,20-21H2,1-2H3. The second kappa shape index (κ2) is 17.9. The highest BCUT2D eigenvalue weighted by Gasteiger charge is 2.22. The van der Waals surface area contributed by atoms with E-state index in [1.165, 1.54) is 108 Å². The quantitative estimate of drug-likeness (QED) is 0.116. The largest absolute Gasteiger partial charge is 0.422 e. The molecule has 0 heterocycles. The summed E-state index contributed by atoms with van der Waals surface area (Å²) in [5.41, 5.74) is 3.43. The topological polar surface area (TPSA) is 50.1 Å². The summed E-state index contributed by atoms with van der Waals surface area (Å²) in [6.45, 7) is 4.50. The number of rotatable bonds is 17. The van der Waals surface area contributed by atoms with E-state index in [0.29, 0.717) is 22.8 Å². The molecule has 212 valence electrons. The fourth-order valence-electron chi connectivity index (χ4n) is 6.07. The van der Waals surface area contributed by atoms with Crippen molar-refractivity contribution in [3.8, 4) is 11.8 Å². The Morgan fingerprint density at radius 2 is 1.41 bits per heavy atom. The third-order valence-electron chi connectivity index (χ3n) is 8.62. The second-order valence-electron chi connectivity index (χ2n) is 11.7. The maximum atomic E-state index is 12.8. The molecule has 2 aromatic carbocycles. The minimum atomic E-state index is -0.399. The summed E-state index contributed by atoms with van der Waals surface area (Å²) in [6.07, 6.45) is 23.4. The van der Waals surface area contributed by atoms with Gasteiger partial charge in [-0.3, -0.25) is 0 Å². The van der Waals surface area contributed by atoms with Crippen molar-refractivity contribution in [2.45, 2.75) is 135 Å². The molecule has 0 atom stereocenters. The van der Waals surface area contributed by atoms with Crippen molar-refractivity contribution < 1.29 is 9.53 Å². The van der Waals surface area contributed by atoms with E-state index in [9.17, 15) is 10.1 Å². The number of aryl methyl sites for hydroxylation is 1. The first-order chi connectivity index (χ1) is 19.1. The molecule has 0 N–H and O–H groups in total. The molecule has 0 bridgehead atoms. The molecule has 0 aliphatic heterocycles. The molecule has 1 aliphatic carbocycles. The van der Waals surface area contributed by atoms with Crippen LogP contribution >= 0.6 is 0 Å². The summed E-state index contributed by atoms with van der Waals surface area (Å²) in [5, 5.41) is 9.63. The van der Waals surface area contributed by atoms with Crippen LogP contribution in [0.2, 0.25) is 0 Å². The average Bonchev–Trinajstić information content (AvgIpc) is 2.97. The zero-order valence-electron chi connectivity index (χ0n) is 24.7. The summed E-state index contributed by atoms with van der Waals surface area (Å²) in [7, 11) is 0. The lowest BCUT2D eigenvalue weighted by Crippen LogP contribution is -2.14. The Kier molecular flexibility index (Phi) is 14.2. The van der Waals surface area contributed by atoms with Gasteiger partial charge in [0.15, 0.2) is 0 Å². The smallest absolute Gasteiger partial charge is 0.343 e. The van der Waals surface area contributed by atoms with E-state index in [-0.39, 0.29) is 0 Å². The number of carbonyl (C=O) groups is 1. The zero-order valence-corrected chi connectivity index (χ0v) is 24.7. The van der Waals surface area contributed by atoms with Crippen LogP contribution in [-0.4, -0.2) is 5.97 Å². The fraction of sp³-hybridized carbons (Fsp3) is 0.611. The number of unbranched alkanes of at least 4 members (excludes halogenated alkanes) is 10. The van der Waals surface area contributed by atoms with Crippen LogP contribution in [-0.2, 0) is 6.42 Å². The van der Waals surface area contributed by atoms with Crippen molar-refractivity contribution in [1.29, 1.82) is 5.26 Å². The number of carbonyl (C=O) groups excluding carboxylic acids is 1. The molecule has 3 heteroatoms. The van der Waals surface area contributed by atoms with Crippen LogP contribution in [0.25, 0.3) is 0 Å². The van der Waals surface area contributed by atoms with E-state index in [2.05, 4.69) is 32.0 Å². The van der Waals surface area contributed by atoms with E-state index in [4.69, 9.17) is 4.74 Å². The van der Waals surface area contributed by atoms with Crippen molar-refractivity contribution in [3.63, 3.8) is 0 Å². The van der Waals surface area contributed by atoms with E-state index in [1.54, 1.807) is 6.07 Å². The molecule has 39 heavy (non-hydrogen) atoms. The molecule has 0 radical (unpaired) electrons. The van der Waals surface area contributed by atoms with Gasteiger partial charge in [-0.25, -0.2) is 4.79 Å². The molecule has 0 saturated heterocycles. The molecule has 0 unspecified atom stereocenters. The van der Waals surface area contributed by atoms with Crippen molar-refractivity contribution in [2.75, 3.05) is 0 Å². The van der Waals surface area contributed by atoms with Gasteiger partial charge in [0.05, 0.1) is 11.1 Å². The minimum absolute atomic E-state index is 0.348. The Morgan fingerprint density at radius 1 is 0.795 bits per heavy atom. The van der Waals surface area contributed by atoms with E-state index in [1.807, 2.05) is 24.3 Å². The lowest BCUT2D eigenvalue weighted by molar-refractivity contribution is 0.0734. The van der Waals surface area contributed by atoms with Gasteiger partial charge in [-0.1, -0.05) is 109 Å². The molecule has 1 saturated carbocycles. The first-order valence-corrected chi connectivity index (χ1v) is 16.0. The van der Waals surface area contributed by atoms with E-state index < -0.39 is 5.97 Å². The predicted octanol–water partition coefficient (Wildman–Crippen LogP) is 10.7. The number of hydrogen-bond donors (Lipinski definition) is 0. The SMILES string of the molecule is CCCCCCCCCC1CCC(c2ccc(C(=O)Oc3ccc(CCCCCCC)cc3C#N)cc2)CC1. The van der Waals surface area contributed by atoms with Gasteiger partial charge in [0.25, 0.3) is 0 Å². The molecule has 0 aromatic heterocycles. The van der Waals surface area contributed by atoms with Gasteiger partial charge in [-0.2, -0.15) is 5.26 Å². The summed E-state index contributed by atoms with van der Waals surface area (Å²) < 4.78 is 5.65. The predicted molar refractivity (Wildman–Crippen MR) is 162 cm³/mol. The van der Waals surface area contributed by atoms with Crippen LogP contribution < -0.4 is 4.74 Å². The molecular formula is C36H51NO2. The number of ether oxygens (including phenoxy) is 1. The van der Waals surface area contributed by atoms with Crippen LogP contribution in [0.15, 0.2) is 42.5 Å². The normalized spacial score (nSPS) is 17.1. The Hall–Kier alpha value is -2.60. The van der Waals surface area contributed by atoms with Crippen molar-refractivity contribution in [3.05, 3.63) is 64.7 Å². The summed E-state index contributed by atoms with van der Waals surface area (Å²) in [6, 6.07) is 15.8. The van der Waals surface area contributed by atoms with Crippen LogP contribution in [0.4, 0.5) is 0 Å². The van der Waals surface area contributed by atoms with E-state index >= 15 is 0 Å². The van der Waals surface area contributed by atoms with Gasteiger partial charge in [-0.15, -0.1) is 0 Å². The van der Waals surface area contributed by atoms with Crippen LogP contribution in [0, 0.1) is 17.2 Å². The Balaban J connectivity index is 1.42. The van der Waals surface area contributed by atoms with Gasteiger partial charge in [0.1, 0.15) is 11.8 Å². The van der Waals surface area contributed by atoms with E-state index in [0.717, 1.165) is 24.3 Å². The number of nitriles is 1. The number of benzene rings is 2. The molecule has 2 aromatic rings. The van der Waals surface area contributed by atoms with Crippen molar-refractivity contribution >= 4 is 5.97 Å². The Bertz CT molecular complexity index is 1010. The van der Waals surface area contributed by atoms with Gasteiger partial charge >= 0.3 is 5.97 Å². The summed E-state index contributed by atoms with van der Waals surface area (Å²) in [5.74, 6) is 1.44. The molecule has 1 fully saturated rings. The first kappa shape index (κ1) is 30.9. The van der Waals surface area contributed by atoms with Gasteiger partial charge in [-0.05, 0) is 85.8 Å². The lowest BCUT2D eigenvalue weighted by atomic mass is 9.77. The molecule has 3 rings (SSSR count). The third-order valence-corrected chi connectivity index (χ3v) is 8.62. The third kappa shape index (κ3) is 10.8. The highest BCUT2D eigenvalue weighted by Crippen LogP contribution is 2.38. The molecule has 1 aliphatic rings. The minimum Gasteiger partial charge on any atom is -0.422 e. The van der Waals surface area contributed by atoms with Gasteiger partial charge < -0.3 is 4.74 Å². The highest BCUT2D eigenvalue weighted by atomic mass is 16.5. The molecule has 0 spiro atoms. The van der Waals surface area contributed by atoms with Crippen LogP contribution in [0.5, 0.6) is 5.75 Å². The molecular weight excluding hydrogens is 478 g/mol. The molecule has 0 amide bonds. The van der Waals surface area contributed by atoms with Crippen molar-refractivity contribution in [1.82, 2.24) is 0 Å². The van der Waals surface area contributed by atoms with Gasteiger partial charge in [0.2, 0.25) is 0 Å². The zero-order chi connectivity index (χ0) is 27.7. The summed E-state index contributed by atoms with van der Waals surface area (Å²) >= 11 is 0. The average molecular weight is 530 g/mol. The molecule has 3 nitrogen and oxygen atoms in total. The highest BCUT2D eigenvalue weighted by molar-refractivity contribution is 5.91. The first-order valence-electron chi connectivity index (χ1n) is 16.0. The number of hydrogen-bond acceptors (Lipinski definition) is 3. The lowest BCUT2D eigenvalue weighted by Gasteiger charge is -2.29. The summed E-state index contributed by atoms with van der Waals surface area (Å²) in [4.78, 5) is 12.8. The van der Waals surface area contributed by atoms with Gasteiger partial charge in [0, 0.05) is 0 Å². The van der Waals surface area contributed by atoms with Crippen molar-refractivity contribution in [2.24, 2.45) is 5.92 Å². The monoisotopic (exact) mass is 529 g/mol. The number of esters is 1. The number of nitrogens with zero attached hydrogens (tertiary/aromatic N) is 1. The Labute approximate surface area is 238 Å². The van der Waals surface area contributed by atoms with Crippen LogP contribution in [0.1, 0.15) is 156 Å². The maximum Gasteiger partial charge on any atom is 0.343 e. The van der Waals surface area contributed by atoms with Crippen LogP contribution in [0.3, 0.4) is 0 Å². The fourth-order valence-corrected chi connectivity index (χ4v) is 6.07. The maximum absolute atomic E-state index is 12.8. The second-order valence-corrected chi connectivity index (χ2v) is 11.7.